The van der Waals surface area contributed by atoms with E-state index in [1.807, 2.05) is 28.6 Å². The van der Waals surface area contributed by atoms with E-state index in [2.05, 4.69) is 11.8 Å². The van der Waals surface area contributed by atoms with Gasteiger partial charge in [-0.3, -0.25) is 4.79 Å². The molecule has 0 saturated carbocycles. The lowest BCUT2D eigenvalue weighted by molar-refractivity contribution is -0.139. The summed E-state index contributed by atoms with van der Waals surface area (Å²) in [6.07, 6.45) is 5.95. The highest BCUT2D eigenvalue weighted by Crippen LogP contribution is 2.32. The van der Waals surface area contributed by atoms with E-state index in [9.17, 15) is 4.79 Å². The molecule has 2 aliphatic heterocycles. The van der Waals surface area contributed by atoms with Crippen molar-refractivity contribution in [3.8, 4) is 0 Å². The van der Waals surface area contributed by atoms with Crippen LogP contribution >= 0.6 is 0 Å². The number of anilines is 1. The van der Waals surface area contributed by atoms with Crippen molar-refractivity contribution in [3.05, 3.63) is 23.5 Å². The zero-order valence-electron chi connectivity index (χ0n) is 18.0. The minimum atomic E-state index is -0.367. The minimum Gasteiger partial charge on any atom is -0.355 e. The van der Waals surface area contributed by atoms with Gasteiger partial charge in [-0.05, 0) is 39.5 Å². The predicted octanol–water partition coefficient (Wildman–Crippen LogP) is 0.551. The maximum atomic E-state index is 13.2. The number of nitrogens with two attached hydrogens (primary N) is 3. The molecule has 4 heterocycles. The molecule has 4 rings (SSSR count). The number of carbonyl (C=O) groups is 1. The van der Waals surface area contributed by atoms with Crippen molar-refractivity contribution >= 4 is 17.4 Å². The smallest absolute Gasteiger partial charge is 0.229 e. The second-order valence-electron chi connectivity index (χ2n) is 8.86. The van der Waals surface area contributed by atoms with Crippen molar-refractivity contribution in [1.82, 2.24) is 19.5 Å². The fourth-order valence-corrected chi connectivity index (χ4v) is 4.74. The summed E-state index contributed by atoms with van der Waals surface area (Å²) in [7, 11) is 0. The van der Waals surface area contributed by atoms with Crippen LogP contribution in [0.3, 0.4) is 0 Å². The Bertz CT molecular complexity index is 910. The zero-order chi connectivity index (χ0) is 21.4. The number of likely N-dealkylation sites (tertiary alicyclic amines) is 1. The predicted molar refractivity (Wildman–Crippen MR) is 117 cm³/mol. The summed E-state index contributed by atoms with van der Waals surface area (Å²) >= 11 is 0. The minimum absolute atomic E-state index is 0.0325. The van der Waals surface area contributed by atoms with Crippen LogP contribution in [0.15, 0.2) is 12.3 Å². The lowest BCUT2D eigenvalue weighted by Crippen LogP contribution is -2.49. The Morgan fingerprint density at radius 3 is 2.77 bits per heavy atom. The van der Waals surface area contributed by atoms with Gasteiger partial charge in [0.2, 0.25) is 5.91 Å². The van der Waals surface area contributed by atoms with Crippen LogP contribution in [0.4, 0.5) is 5.82 Å². The Hall–Kier alpha value is -2.23. The molecule has 2 aliphatic rings. The Morgan fingerprint density at radius 2 is 2.10 bits per heavy atom. The summed E-state index contributed by atoms with van der Waals surface area (Å²) in [5.74, 6) is 0.637. The summed E-state index contributed by atoms with van der Waals surface area (Å²) in [6.45, 7) is 6.62. The highest BCUT2D eigenvalue weighted by Gasteiger charge is 2.34. The molecule has 1 amide bonds. The number of amides is 1. The second kappa shape index (κ2) is 8.49. The molecule has 9 nitrogen and oxygen atoms in total. The van der Waals surface area contributed by atoms with E-state index in [1.165, 1.54) is 0 Å². The molecule has 6 N–H and O–H groups in total. The Kier molecular flexibility index (Phi) is 5.95. The lowest BCUT2D eigenvalue weighted by Gasteiger charge is -2.37. The highest BCUT2D eigenvalue weighted by molar-refractivity contribution is 5.80. The van der Waals surface area contributed by atoms with Gasteiger partial charge in [0, 0.05) is 56.1 Å². The van der Waals surface area contributed by atoms with Gasteiger partial charge in [-0.25, -0.2) is 9.50 Å². The monoisotopic (exact) mass is 414 g/mol. The van der Waals surface area contributed by atoms with Crippen LogP contribution in [0.5, 0.6) is 0 Å². The van der Waals surface area contributed by atoms with Gasteiger partial charge in [-0.15, -0.1) is 0 Å². The van der Waals surface area contributed by atoms with E-state index < -0.39 is 0 Å². The topological polar surface area (TPSA) is 132 Å². The van der Waals surface area contributed by atoms with Crippen molar-refractivity contribution in [2.24, 2.45) is 23.1 Å². The fraction of sp³-hybridized carbons (Fsp3) is 0.667. The Morgan fingerprint density at radius 1 is 1.30 bits per heavy atom. The number of aromatic nitrogens is 3. The van der Waals surface area contributed by atoms with Crippen molar-refractivity contribution < 1.29 is 4.79 Å². The molecular weight excluding hydrogens is 380 g/mol. The first kappa shape index (κ1) is 21.0. The molecule has 0 spiro atoms. The number of aryl methyl sites for hydroxylation is 1. The van der Waals surface area contributed by atoms with E-state index in [1.54, 1.807) is 0 Å². The van der Waals surface area contributed by atoms with Crippen LogP contribution in [-0.4, -0.2) is 63.7 Å². The standard InChI is InChI=1S/C21H34N8O/c1-13-11-29-19(25-20(13)27-8-6-15(24)12-27)9-17(26-29)18-5-3-4-7-28(18)21(30)16(10-22)14(2)23/h9,11,14-16,18H,3-8,10,12,22-24H2,1-2H3/t14?,15-,16?,18-/m0/s1. The van der Waals surface area contributed by atoms with Gasteiger partial charge in [-0.2, -0.15) is 5.10 Å². The average molecular weight is 415 g/mol. The molecule has 2 fully saturated rings. The van der Waals surface area contributed by atoms with Crippen molar-refractivity contribution in [3.63, 3.8) is 0 Å². The lowest BCUT2D eigenvalue weighted by atomic mass is 9.94. The summed E-state index contributed by atoms with van der Waals surface area (Å²) in [6, 6.07) is 1.87. The molecule has 0 radical (unpaired) electrons. The number of nitrogens with zero attached hydrogens (tertiary/aromatic N) is 5. The number of hydrogen-bond donors (Lipinski definition) is 3. The fourth-order valence-electron chi connectivity index (χ4n) is 4.74. The maximum absolute atomic E-state index is 13.2. The second-order valence-corrected chi connectivity index (χ2v) is 8.86. The number of piperidine rings is 1. The van der Waals surface area contributed by atoms with E-state index in [4.69, 9.17) is 27.3 Å². The first-order valence-corrected chi connectivity index (χ1v) is 11.0. The molecule has 2 unspecified atom stereocenters. The molecule has 0 aromatic carbocycles. The van der Waals surface area contributed by atoms with Crippen molar-refractivity contribution in [1.29, 1.82) is 0 Å². The highest BCUT2D eigenvalue weighted by atomic mass is 16.2. The van der Waals surface area contributed by atoms with Crippen LogP contribution in [0.2, 0.25) is 0 Å². The van der Waals surface area contributed by atoms with Gasteiger partial charge >= 0.3 is 0 Å². The number of carbonyl (C=O) groups excluding carboxylic acids is 1. The SMILES string of the molecule is Cc1cn2nc([C@@H]3CCCCN3C(=O)C(CN)C(C)N)cc2nc1N1CC[C@H](N)C1. The third-order valence-corrected chi connectivity index (χ3v) is 6.48. The number of rotatable bonds is 5. The van der Waals surface area contributed by atoms with E-state index >= 15 is 0 Å². The van der Waals surface area contributed by atoms with Crippen LogP contribution in [0, 0.1) is 12.8 Å². The van der Waals surface area contributed by atoms with Gasteiger partial charge in [0.05, 0.1) is 17.7 Å². The summed E-state index contributed by atoms with van der Waals surface area (Å²) in [5, 5.41) is 4.80. The molecule has 2 aromatic heterocycles. The maximum Gasteiger partial charge on any atom is 0.229 e. The Balaban J connectivity index is 1.64. The molecule has 4 atom stereocenters. The molecular formula is C21H34N8O. The first-order chi connectivity index (χ1) is 14.4. The third-order valence-electron chi connectivity index (χ3n) is 6.48. The van der Waals surface area contributed by atoms with Crippen molar-refractivity contribution in [2.75, 3.05) is 31.1 Å². The van der Waals surface area contributed by atoms with Crippen LogP contribution in [0.25, 0.3) is 5.65 Å². The molecule has 0 aliphatic carbocycles. The number of fused-ring (bicyclic) bond motifs is 1. The Labute approximate surface area is 177 Å². The van der Waals surface area contributed by atoms with Crippen LogP contribution in [-0.2, 0) is 4.79 Å². The van der Waals surface area contributed by atoms with Crippen LogP contribution < -0.4 is 22.1 Å². The number of hydrogen-bond acceptors (Lipinski definition) is 7. The third kappa shape index (κ3) is 3.89. The first-order valence-electron chi connectivity index (χ1n) is 11.0. The normalized spacial score (nSPS) is 24.4. The van der Waals surface area contributed by atoms with Gasteiger partial charge in [-0.1, -0.05) is 0 Å². The molecule has 30 heavy (non-hydrogen) atoms. The quantitative estimate of drug-likeness (QED) is 0.651. The molecule has 2 saturated heterocycles. The van der Waals surface area contributed by atoms with Crippen LogP contribution in [0.1, 0.15) is 49.9 Å². The van der Waals surface area contributed by atoms with Gasteiger partial charge in [0.25, 0.3) is 0 Å². The summed E-state index contributed by atoms with van der Waals surface area (Å²) in [5.41, 5.74) is 20.7. The zero-order valence-corrected chi connectivity index (χ0v) is 18.0. The van der Waals surface area contributed by atoms with Gasteiger partial charge < -0.3 is 27.0 Å². The summed E-state index contributed by atoms with van der Waals surface area (Å²) < 4.78 is 1.83. The summed E-state index contributed by atoms with van der Waals surface area (Å²) in [4.78, 5) is 22.2. The van der Waals surface area contributed by atoms with E-state index in [0.29, 0.717) is 6.54 Å². The average Bonchev–Trinajstić information content (AvgIpc) is 3.33. The van der Waals surface area contributed by atoms with Gasteiger partial charge in [0.15, 0.2) is 5.65 Å². The molecule has 164 valence electrons. The largest absolute Gasteiger partial charge is 0.355 e. The molecule has 2 aromatic rings. The van der Waals surface area contributed by atoms with Crippen molar-refractivity contribution in [2.45, 2.75) is 57.7 Å². The van der Waals surface area contributed by atoms with Gasteiger partial charge in [0.1, 0.15) is 5.82 Å². The van der Waals surface area contributed by atoms with E-state index in [-0.39, 0.29) is 36.5 Å². The molecule has 9 heteroatoms. The molecule has 0 bridgehead atoms. The van der Waals surface area contributed by atoms with E-state index in [0.717, 1.165) is 61.5 Å².